The summed E-state index contributed by atoms with van der Waals surface area (Å²) in [5.74, 6) is 0.363. The van der Waals surface area contributed by atoms with Crippen LogP contribution in [-0.2, 0) is 4.79 Å². The number of hydrogen-bond donors (Lipinski definition) is 2. The lowest BCUT2D eigenvalue weighted by molar-refractivity contribution is -0.139. The van der Waals surface area contributed by atoms with Gasteiger partial charge in [0, 0.05) is 15.5 Å². The molecule has 0 bridgehead atoms. The predicted molar refractivity (Wildman–Crippen MR) is 79.1 cm³/mol. The van der Waals surface area contributed by atoms with Gasteiger partial charge < -0.3 is 15.6 Å². The van der Waals surface area contributed by atoms with E-state index in [-0.39, 0.29) is 0 Å². The van der Waals surface area contributed by atoms with Crippen molar-refractivity contribution in [2.45, 2.75) is 24.6 Å². The molecule has 106 valence electrons. The highest BCUT2D eigenvalue weighted by molar-refractivity contribution is 8.00. The molecule has 0 aromatic heterocycles. The molecular formula is C13H18ClNO3S. The normalized spacial score (nSPS) is 13.1. The summed E-state index contributed by atoms with van der Waals surface area (Å²) in [7, 11) is 0. The number of ether oxygens (including phenoxy) is 1. The fraction of sp³-hybridized carbons (Fsp3) is 0.462. The summed E-state index contributed by atoms with van der Waals surface area (Å²) in [6.45, 7) is 4.10. The first kappa shape index (κ1) is 16.1. The second-order valence-corrected chi connectivity index (χ2v) is 6.76. The maximum atomic E-state index is 10.9. The van der Waals surface area contributed by atoms with Crippen LogP contribution < -0.4 is 10.5 Å². The van der Waals surface area contributed by atoms with Crippen molar-refractivity contribution in [3.8, 4) is 5.75 Å². The second kappa shape index (κ2) is 7.03. The highest BCUT2D eigenvalue weighted by atomic mass is 35.5. The van der Waals surface area contributed by atoms with Gasteiger partial charge in [-0.05, 0) is 32.0 Å². The van der Waals surface area contributed by atoms with Crippen LogP contribution in [0.2, 0.25) is 5.02 Å². The van der Waals surface area contributed by atoms with Gasteiger partial charge in [-0.15, -0.1) is 11.8 Å². The summed E-state index contributed by atoms with van der Waals surface area (Å²) in [6.07, 6.45) is 0. The molecule has 0 spiro atoms. The van der Waals surface area contributed by atoms with E-state index >= 15 is 0 Å². The molecular weight excluding hydrogens is 286 g/mol. The Hall–Kier alpha value is -0.910. The van der Waals surface area contributed by atoms with E-state index in [1.807, 2.05) is 26.0 Å². The Morgan fingerprint density at radius 3 is 2.84 bits per heavy atom. The van der Waals surface area contributed by atoms with Gasteiger partial charge in [-0.1, -0.05) is 17.7 Å². The van der Waals surface area contributed by atoms with Crippen LogP contribution in [-0.4, -0.2) is 34.2 Å². The Kier molecular flexibility index (Phi) is 5.97. The van der Waals surface area contributed by atoms with Crippen molar-refractivity contribution in [1.29, 1.82) is 0 Å². The van der Waals surface area contributed by atoms with E-state index in [9.17, 15) is 4.79 Å². The minimum atomic E-state index is -0.992. The molecule has 19 heavy (non-hydrogen) atoms. The maximum absolute atomic E-state index is 10.9. The molecule has 0 saturated carbocycles. The highest BCUT2D eigenvalue weighted by Gasteiger charge is 2.32. The van der Waals surface area contributed by atoms with Crippen LogP contribution in [0.15, 0.2) is 24.3 Å². The fourth-order valence-corrected chi connectivity index (χ4v) is 2.56. The third kappa shape index (κ3) is 5.30. The van der Waals surface area contributed by atoms with Gasteiger partial charge in [0.15, 0.2) is 0 Å². The third-order valence-corrected chi connectivity index (χ3v) is 4.24. The van der Waals surface area contributed by atoms with Crippen molar-refractivity contribution in [2.24, 2.45) is 5.73 Å². The maximum Gasteiger partial charge on any atom is 0.321 e. The van der Waals surface area contributed by atoms with Crippen molar-refractivity contribution < 1.29 is 14.6 Å². The zero-order valence-electron chi connectivity index (χ0n) is 10.9. The van der Waals surface area contributed by atoms with Crippen LogP contribution in [0.3, 0.4) is 0 Å². The first-order chi connectivity index (χ1) is 8.83. The molecule has 0 amide bonds. The van der Waals surface area contributed by atoms with Crippen LogP contribution in [0.5, 0.6) is 5.75 Å². The Balaban J connectivity index is 2.36. The average molecular weight is 304 g/mol. The van der Waals surface area contributed by atoms with Crippen LogP contribution in [0.4, 0.5) is 0 Å². The largest absolute Gasteiger partial charge is 0.493 e. The molecule has 1 aromatic carbocycles. The van der Waals surface area contributed by atoms with E-state index < -0.39 is 16.8 Å². The zero-order chi connectivity index (χ0) is 14.5. The number of halogens is 1. The van der Waals surface area contributed by atoms with Crippen LogP contribution in [0.25, 0.3) is 0 Å². The first-order valence-electron chi connectivity index (χ1n) is 5.83. The van der Waals surface area contributed by atoms with E-state index in [4.69, 9.17) is 27.2 Å². The number of benzene rings is 1. The first-order valence-corrected chi connectivity index (χ1v) is 7.20. The molecule has 1 aromatic rings. The fourth-order valence-electron chi connectivity index (χ4n) is 1.41. The molecule has 3 N–H and O–H groups in total. The van der Waals surface area contributed by atoms with E-state index in [2.05, 4.69) is 0 Å². The quantitative estimate of drug-likeness (QED) is 0.758. The van der Waals surface area contributed by atoms with Crippen molar-refractivity contribution in [3.05, 3.63) is 29.3 Å². The topological polar surface area (TPSA) is 72.5 Å². The van der Waals surface area contributed by atoms with Gasteiger partial charge in [-0.25, -0.2) is 0 Å². The van der Waals surface area contributed by atoms with E-state index in [0.717, 1.165) is 0 Å². The average Bonchev–Trinajstić information content (AvgIpc) is 2.33. The van der Waals surface area contributed by atoms with Crippen LogP contribution in [0.1, 0.15) is 13.8 Å². The molecule has 0 saturated heterocycles. The van der Waals surface area contributed by atoms with Crippen molar-refractivity contribution in [3.63, 3.8) is 0 Å². The molecule has 6 heteroatoms. The molecule has 0 radical (unpaired) electrons. The van der Waals surface area contributed by atoms with Gasteiger partial charge in [0.25, 0.3) is 0 Å². The summed E-state index contributed by atoms with van der Waals surface area (Å²) in [5, 5.41) is 9.52. The molecule has 0 unspecified atom stereocenters. The number of carbonyl (C=O) groups is 1. The lowest BCUT2D eigenvalue weighted by atomic mass is 10.1. The van der Waals surface area contributed by atoms with Gasteiger partial charge in [-0.3, -0.25) is 4.79 Å². The van der Waals surface area contributed by atoms with Gasteiger partial charge in [0.2, 0.25) is 0 Å². The Morgan fingerprint density at radius 1 is 1.58 bits per heavy atom. The molecule has 4 nitrogen and oxygen atoms in total. The van der Waals surface area contributed by atoms with Gasteiger partial charge in [0.1, 0.15) is 11.8 Å². The Bertz CT molecular complexity index is 440. The minimum absolute atomic E-state index is 0.473. The van der Waals surface area contributed by atoms with Gasteiger partial charge in [0.05, 0.1) is 6.61 Å². The second-order valence-electron chi connectivity index (χ2n) is 4.57. The number of nitrogens with two attached hydrogens (primary N) is 1. The summed E-state index contributed by atoms with van der Waals surface area (Å²) in [6, 6.07) is 6.25. The van der Waals surface area contributed by atoms with Crippen LogP contribution >= 0.6 is 23.4 Å². The predicted octanol–water partition coefficient (Wildman–Crippen LogP) is 2.64. The lowest BCUT2D eigenvalue weighted by Gasteiger charge is -2.27. The van der Waals surface area contributed by atoms with Crippen molar-refractivity contribution in [1.82, 2.24) is 0 Å². The summed E-state index contributed by atoms with van der Waals surface area (Å²) in [5.41, 5.74) is 5.63. The SMILES string of the molecule is CC(C)(SCCOc1cccc(Cl)c1)[C@@H](N)C(=O)O. The molecule has 1 rings (SSSR count). The summed E-state index contributed by atoms with van der Waals surface area (Å²) in [4.78, 5) is 10.9. The van der Waals surface area contributed by atoms with Crippen molar-refractivity contribution in [2.75, 3.05) is 12.4 Å². The number of aliphatic carboxylic acids is 1. The number of hydrogen-bond acceptors (Lipinski definition) is 4. The summed E-state index contributed by atoms with van der Waals surface area (Å²) < 4.78 is 4.99. The smallest absolute Gasteiger partial charge is 0.321 e. The molecule has 0 aliphatic heterocycles. The number of thioether (sulfide) groups is 1. The number of carboxylic acid groups (broad SMARTS) is 1. The number of rotatable bonds is 7. The zero-order valence-corrected chi connectivity index (χ0v) is 12.5. The minimum Gasteiger partial charge on any atom is -0.493 e. The van der Waals surface area contributed by atoms with Crippen molar-refractivity contribution >= 4 is 29.3 Å². The molecule has 0 aliphatic rings. The lowest BCUT2D eigenvalue weighted by Crippen LogP contribution is -2.47. The van der Waals surface area contributed by atoms with E-state index in [0.29, 0.717) is 23.1 Å². The van der Waals surface area contributed by atoms with E-state index in [1.165, 1.54) is 11.8 Å². The Morgan fingerprint density at radius 2 is 2.26 bits per heavy atom. The van der Waals surface area contributed by atoms with Gasteiger partial charge >= 0.3 is 5.97 Å². The van der Waals surface area contributed by atoms with Crippen LogP contribution in [0, 0.1) is 0 Å². The van der Waals surface area contributed by atoms with E-state index in [1.54, 1.807) is 12.1 Å². The Labute approximate surface area is 122 Å². The highest BCUT2D eigenvalue weighted by Crippen LogP contribution is 2.27. The molecule has 0 heterocycles. The summed E-state index contributed by atoms with van der Waals surface area (Å²) >= 11 is 7.31. The molecule has 1 atom stereocenters. The number of carboxylic acids is 1. The third-order valence-electron chi connectivity index (χ3n) is 2.64. The molecule has 0 aliphatic carbocycles. The standard InChI is InChI=1S/C13H18ClNO3S/c1-13(2,11(15)12(16)17)19-7-6-18-10-5-3-4-9(14)8-10/h3-5,8,11H,6-7,15H2,1-2H3,(H,16,17)/t11-/m0/s1. The monoisotopic (exact) mass is 303 g/mol. The van der Waals surface area contributed by atoms with Gasteiger partial charge in [-0.2, -0.15) is 0 Å². The molecule has 0 fully saturated rings.